The zero-order valence-corrected chi connectivity index (χ0v) is 12.0. The Morgan fingerprint density at radius 2 is 1.95 bits per heavy atom. The van der Waals surface area contributed by atoms with E-state index in [0.29, 0.717) is 6.04 Å². The van der Waals surface area contributed by atoms with Crippen LogP contribution in [0.15, 0.2) is 35.3 Å². The largest absolute Gasteiger partial charge is 0.356 e. The predicted molar refractivity (Wildman–Crippen MR) is 82.9 cm³/mol. The highest BCUT2D eigenvalue weighted by molar-refractivity contribution is 5.80. The van der Waals surface area contributed by atoms with Crippen molar-refractivity contribution in [1.82, 2.24) is 15.5 Å². The molecule has 4 nitrogen and oxygen atoms in total. The molecular formula is C16H24N4. The van der Waals surface area contributed by atoms with Crippen molar-refractivity contribution in [2.75, 3.05) is 32.7 Å². The molecule has 1 fully saturated rings. The molecule has 0 aliphatic carbocycles. The Kier molecular flexibility index (Phi) is 4.53. The summed E-state index contributed by atoms with van der Waals surface area (Å²) in [6, 6.07) is 11.3. The third-order valence-corrected chi connectivity index (χ3v) is 4.13. The molecule has 3 rings (SSSR count). The first-order chi connectivity index (χ1) is 9.93. The van der Waals surface area contributed by atoms with E-state index in [1.807, 2.05) is 0 Å². The minimum Gasteiger partial charge on any atom is -0.356 e. The lowest BCUT2D eigenvalue weighted by molar-refractivity contribution is 0.245. The Morgan fingerprint density at radius 3 is 2.65 bits per heavy atom. The van der Waals surface area contributed by atoms with E-state index in [9.17, 15) is 0 Å². The molecule has 2 aliphatic heterocycles. The van der Waals surface area contributed by atoms with E-state index >= 15 is 0 Å². The molecule has 1 saturated heterocycles. The lowest BCUT2D eigenvalue weighted by atomic mass is 10.1. The number of guanidine groups is 1. The van der Waals surface area contributed by atoms with E-state index in [0.717, 1.165) is 32.0 Å². The quantitative estimate of drug-likeness (QED) is 0.877. The summed E-state index contributed by atoms with van der Waals surface area (Å²) in [5, 5.41) is 6.83. The Morgan fingerprint density at radius 1 is 1.15 bits per heavy atom. The molecule has 108 valence electrons. The van der Waals surface area contributed by atoms with Gasteiger partial charge in [-0.3, -0.25) is 9.89 Å². The van der Waals surface area contributed by atoms with Gasteiger partial charge >= 0.3 is 0 Å². The zero-order chi connectivity index (χ0) is 13.6. The second kappa shape index (κ2) is 6.75. The van der Waals surface area contributed by atoms with Crippen LogP contribution < -0.4 is 10.6 Å². The number of aliphatic imine (C=N–C) groups is 1. The van der Waals surface area contributed by atoms with Crippen LogP contribution in [-0.2, 0) is 0 Å². The molecule has 2 aliphatic rings. The van der Waals surface area contributed by atoms with Crippen LogP contribution in [0.25, 0.3) is 0 Å². The molecular weight excluding hydrogens is 248 g/mol. The maximum atomic E-state index is 4.50. The highest BCUT2D eigenvalue weighted by Gasteiger charge is 2.23. The second-order valence-corrected chi connectivity index (χ2v) is 5.56. The van der Waals surface area contributed by atoms with Gasteiger partial charge in [0, 0.05) is 19.6 Å². The monoisotopic (exact) mass is 272 g/mol. The summed E-state index contributed by atoms with van der Waals surface area (Å²) in [7, 11) is 0. The Hall–Kier alpha value is -1.55. The first kappa shape index (κ1) is 13.4. The SMILES string of the molecule is c1ccc(C(CNC2=NCCCN2)N2CCCC2)cc1. The maximum absolute atomic E-state index is 4.50. The van der Waals surface area contributed by atoms with Gasteiger partial charge in [0.1, 0.15) is 0 Å². The van der Waals surface area contributed by atoms with Crippen LogP contribution in [-0.4, -0.2) is 43.6 Å². The number of benzene rings is 1. The minimum atomic E-state index is 0.449. The van der Waals surface area contributed by atoms with Crippen molar-refractivity contribution in [1.29, 1.82) is 0 Å². The molecule has 0 bridgehead atoms. The first-order valence-electron chi connectivity index (χ1n) is 7.75. The van der Waals surface area contributed by atoms with Crippen LogP contribution in [0.1, 0.15) is 30.9 Å². The molecule has 1 unspecified atom stereocenters. The Balaban J connectivity index is 1.67. The highest BCUT2D eigenvalue weighted by Crippen LogP contribution is 2.24. The molecule has 1 aromatic carbocycles. The molecule has 2 heterocycles. The zero-order valence-electron chi connectivity index (χ0n) is 12.0. The van der Waals surface area contributed by atoms with Gasteiger partial charge in [0.15, 0.2) is 5.96 Å². The van der Waals surface area contributed by atoms with Crippen LogP contribution >= 0.6 is 0 Å². The van der Waals surface area contributed by atoms with Gasteiger partial charge in [-0.2, -0.15) is 0 Å². The van der Waals surface area contributed by atoms with Crippen molar-refractivity contribution >= 4 is 5.96 Å². The van der Waals surface area contributed by atoms with Crippen LogP contribution in [0.2, 0.25) is 0 Å². The molecule has 20 heavy (non-hydrogen) atoms. The van der Waals surface area contributed by atoms with Crippen molar-refractivity contribution in [2.45, 2.75) is 25.3 Å². The minimum absolute atomic E-state index is 0.449. The fraction of sp³-hybridized carbons (Fsp3) is 0.562. The van der Waals surface area contributed by atoms with E-state index in [-0.39, 0.29) is 0 Å². The third kappa shape index (κ3) is 3.31. The van der Waals surface area contributed by atoms with Crippen molar-refractivity contribution in [3.8, 4) is 0 Å². The number of hydrogen-bond donors (Lipinski definition) is 2. The predicted octanol–water partition coefficient (Wildman–Crippen LogP) is 1.76. The van der Waals surface area contributed by atoms with Gasteiger partial charge in [-0.1, -0.05) is 30.3 Å². The van der Waals surface area contributed by atoms with Gasteiger partial charge in [-0.25, -0.2) is 0 Å². The van der Waals surface area contributed by atoms with Crippen molar-refractivity contribution in [3.05, 3.63) is 35.9 Å². The summed E-state index contributed by atoms with van der Waals surface area (Å²) in [6.07, 6.45) is 3.78. The fourth-order valence-electron chi connectivity index (χ4n) is 3.03. The highest BCUT2D eigenvalue weighted by atomic mass is 15.2. The van der Waals surface area contributed by atoms with Crippen LogP contribution in [0.5, 0.6) is 0 Å². The normalized spacial score (nSPS) is 21.1. The van der Waals surface area contributed by atoms with E-state index in [1.165, 1.54) is 31.5 Å². The molecule has 0 radical (unpaired) electrons. The third-order valence-electron chi connectivity index (χ3n) is 4.13. The lowest BCUT2D eigenvalue weighted by Gasteiger charge is -2.29. The summed E-state index contributed by atoms with van der Waals surface area (Å²) in [5.74, 6) is 0.969. The van der Waals surface area contributed by atoms with E-state index < -0.39 is 0 Å². The molecule has 0 amide bonds. The number of rotatable bonds is 4. The van der Waals surface area contributed by atoms with E-state index in [1.54, 1.807) is 0 Å². The van der Waals surface area contributed by atoms with Crippen LogP contribution in [0.4, 0.5) is 0 Å². The van der Waals surface area contributed by atoms with Gasteiger partial charge in [-0.15, -0.1) is 0 Å². The summed E-state index contributed by atoms with van der Waals surface area (Å²) >= 11 is 0. The Bertz CT molecular complexity index is 437. The molecule has 0 spiro atoms. The van der Waals surface area contributed by atoms with Gasteiger partial charge in [0.25, 0.3) is 0 Å². The standard InChI is InChI=1S/C16H24N4/c1-2-7-14(8-3-1)15(20-11-4-5-12-20)13-19-16-17-9-6-10-18-16/h1-3,7-8,15H,4-6,9-13H2,(H2,17,18,19). The van der Waals surface area contributed by atoms with Crippen LogP contribution in [0, 0.1) is 0 Å². The molecule has 2 N–H and O–H groups in total. The smallest absolute Gasteiger partial charge is 0.191 e. The number of nitrogens with one attached hydrogen (secondary N) is 2. The van der Waals surface area contributed by atoms with E-state index in [4.69, 9.17) is 0 Å². The number of likely N-dealkylation sites (tertiary alicyclic amines) is 1. The molecule has 1 aromatic rings. The molecule has 0 aromatic heterocycles. The van der Waals surface area contributed by atoms with Gasteiger partial charge in [-0.05, 0) is 37.9 Å². The molecule has 1 atom stereocenters. The van der Waals surface area contributed by atoms with Crippen molar-refractivity contribution in [2.24, 2.45) is 4.99 Å². The summed E-state index contributed by atoms with van der Waals surface area (Å²) in [6.45, 7) is 5.32. The Labute approximate surface area is 121 Å². The average Bonchev–Trinajstić information content (AvgIpc) is 3.04. The summed E-state index contributed by atoms with van der Waals surface area (Å²) < 4.78 is 0. The lowest BCUT2D eigenvalue weighted by Crippen LogP contribution is -2.44. The van der Waals surface area contributed by atoms with Gasteiger partial charge < -0.3 is 10.6 Å². The number of hydrogen-bond acceptors (Lipinski definition) is 4. The molecule has 4 heteroatoms. The fourth-order valence-corrected chi connectivity index (χ4v) is 3.03. The molecule has 0 saturated carbocycles. The van der Waals surface area contributed by atoms with Crippen molar-refractivity contribution in [3.63, 3.8) is 0 Å². The average molecular weight is 272 g/mol. The van der Waals surface area contributed by atoms with Gasteiger partial charge in [0.2, 0.25) is 0 Å². The van der Waals surface area contributed by atoms with Crippen LogP contribution in [0.3, 0.4) is 0 Å². The first-order valence-corrected chi connectivity index (χ1v) is 7.75. The second-order valence-electron chi connectivity index (χ2n) is 5.56. The number of nitrogens with zero attached hydrogens (tertiary/aromatic N) is 2. The topological polar surface area (TPSA) is 39.7 Å². The van der Waals surface area contributed by atoms with E-state index in [2.05, 4.69) is 50.9 Å². The summed E-state index contributed by atoms with van der Waals surface area (Å²) in [5.41, 5.74) is 1.40. The maximum Gasteiger partial charge on any atom is 0.191 e. The van der Waals surface area contributed by atoms with Gasteiger partial charge in [0.05, 0.1) is 6.04 Å². The van der Waals surface area contributed by atoms with Crippen molar-refractivity contribution < 1.29 is 0 Å². The summed E-state index contributed by atoms with van der Waals surface area (Å²) in [4.78, 5) is 7.09.